The van der Waals surface area contributed by atoms with Crippen molar-refractivity contribution >= 4 is 11.6 Å². The molecular formula is C23H25N5O. The third-order valence-corrected chi connectivity index (χ3v) is 5.39. The number of carbonyl (C=O) groups excluding carboxylic acids is 1. The Kier molecular flexibility index (Phi) is 5.25. The molecule has 0 radical (unpaired) electrons. The first-order valence-corrected chi connectivity index (χ1v) is 9.87. The van der Waals surface area contributed by atoms with Crippen LogP contribution in [-0.4, -0.2) is 46.4 Å². The normalized spacial score (nSPS) is 16.1. The van der Waals surface area contributed by atoms with E-state index < -0.39 is 0 Å². The zero-order chi connectivity index (χ0) is 20.4. The van der Waals surface area contributed by atoms with Gasteiger partial charge in [-0.1, -0.05) is 0 Å². The summed E-state index contributed by atoms with van der Waals surface area (Å²) < 4.78 is 0. The van der Waals surface area contributed by atoms with Gasteiger partial charge in [0.25, 0.3) is 5.91 Å². The molecule has 1 aliphatic rings. The number of hydrogen-bond acceptors (Lipinski definition) is 5. The smallest absolute Gasteiger partial charge is 0.254 e. The molecule has 0 N–H and O–H groups in total. The van der Waals surface area contributed by atoms with E-state index in [2.05, 4.69) is 9.97 Å². The van der Waals surface area contributed by atoms with Gasteiger partial charge in [-0.05, 0) is 61.7 Å². The number of pyridine rings is 1. The topological polar surface area (TPSA) is 62.2 Å². The molecule has 2 aromatic heterocycles. The van der Waals surface area contributed by atoms with E-state index in [1.807, 2.05) is 73.4 Å². The van der Waals surface area contributed by atoms with Gasteiger partial charge in [-0.25, -0.2) is 9.97 Å². The Labute approximate surface area is 171 Å². The fourth-order valence-electron chi connectivity index (χ4n) is 3.86. The molecule has 148 valence electrons. The molecule has 3 aromatic rings. The zero-order valence-corrected chi connectivity index (χ0v) is 17.0. The summed E-state index contributed by atoms with van der Waals surface area (Å²) in [6, 6.07) is 11.6. The van der Waals surface area contributed by atoms with Gasteiger partial charge in [0.2, 0.25) is 0 Å². The standard InChI is InChI=1S/C23H25N5O/c1-16-25-15-20(17-10-12-24-13-11-17)22(26-16)21-5-4-14-28(21)23(29)18-6-8-19(9-7-18)27(2)3/h6-13,15,21H,4-5,14H2,1-3H3/t21-/m1/s1. The third kappa shape index (κ3) is 3.83. The summed E-state index contributed by atoms with van der Waals surface area (Å²) in [6.45, 7) is 2.62. The first-order chi connectivity index (χ1) is 14.0. The maximum Gasteiger partial charge on any atom is 0.254 e. The lowest BCUT2D eigenvalue weighted by molar-refractivity contribution is 0.0733. The van der Waals surface area contributed by atoms with Gasteiger partial charge in [-0.2, -0.15) is 0 Å². The Hall–Kier alpha value is -3.28. The van der Waals surface area contributed by atoms with Crippen molar-refractivity contribution in [2.24, 2.45) is 0 Å². The molecule has 1 atom stereocenters. The fraction of sp³-hybridized carbons (Fsp3) is 0.304. The number of aryl methyl sites for hydroxylation is 1. The molecule has 1 aliphatic heterocycles. The van der Waals surface area contributed by atoms with E-state index in [1.54, 1.807) is 12.4 Å². The summed E-state index contributed by atoms with van der Waals surface area (Å²) in [6.07, 6.45) is 7.26. The number of carbonyl (C=O) groups is 1. The summed E-state index contributed by atoms with van der Waals surface area (Å²) >= 11 is 0. The SMILES string of the molecule is Cc1ncc(-c2ccncc2)c([C@H]2CCCN2C(=O)c2ccc(N(C)C)cc2)n1. The lowest BCUT2D eigenvalue weighted by atomic mass is 10.00. The molecule has 6 heteroatoms. The number of likely N-dealkylation sites (tertiary alicyclic amines) is 1. The molecule has 29 heavy (non-hydrogen) atoms. The average Bonchev–Trinajstić information content (AvgIpc) is 3.23. The molecule has 0 spiro atoms. The highest BCUT2D eigenvalue weighted by Gasteiger charge is 2.33. The van der Waals surface area contributed by atoms with E-state index in [9.17, 15) is 4.79 Å². The molecule has 1 fully saturated rings. The highest BCUT2D eigenvalue weighted by molar-refractivity contribution is 5.95. The lowest BCUT2D eigenvalue weighted by Gasteiger charge is -2.26. The minimum atomic E-state index is -0.0547. The quantitative estimate of drug-likeness (QED) is 0.680. The number of rotatable bonds is 4. The summed E-state index contributed by atoms with van der Waals surface area (Å²) in [5, 5.41) is 0. The second-order valence-corrected chi connectivity index (χ2v) is 7.55. The largest absolute Gasteiger partial charge is 0.378 e. The molecule has 4 rings (SSSR count). The van der Waals surface area contributed by atoms with Crippen LogP contribution in [0.1, 0.15) is 40.8 Å². The Morgan fingerprint density at radius 3 is 2.52 bits per heavy atom. The van der Waals surface area contributed by atoms with Crippen molar-refractivity contribution in [3.8, 4) is 11.1 Å². The van der Waals surface area contributed by atoms with Gasteiger partial charge in [0, 0.05) is 56.0 Å². The summed E-state index contributed by atoms with van der Waals surface area (Å²) in [5.41, 5.74) is 4.68. The van der Waals surface area contributed by atoms with Crippen molar-refractivity contribution in [1.29, 1.82) is 0 Å². The molecule has 1 amide bonds. The van der Waals surface area contributed by atoms with Crippen LogP contribution in [-0.2, 0) is 0 Å². The van der Waals surface area contributed by atoms with Crippen molar-refractivity contribution in [2.45, 2.75) is 25.8 Å². The number of aromatic nitrogens is 3. The highest BCUT2D eigenvalue weighted by Crippen LogP contribution is 2.37. The number of nitrogens with zero attached hydrogens (tertiary/aromatic N) is 5. The first kappa shape index (κ1) is 19.1. The van der Waals surface area contributed by atoms with E-state index in [4.69, 9.17) is 4.98 Å². The van der Waals surface area contributed by atoms with Gasteiger partial charge in [0.15, 0.2) is 0 Å². The van der Waals surface area contributed by atoms with Gasteiger partial charge in [0.05, 0.1) is 11.7 Å². The average molecular weight is 387 g/mol. The van der Waals surface area contributed by atoms with Gasteiger partial charge >= 0.3 is 0 Å². The van der Waals surface area contributed by atoms with Crippen molar-refractivity contribution in [2.75, 3.05) is 25.5 Å². The van der Waals surface area contributed by atoms with Crippen molar-refractivity contribution < 1.29 is 4.79 Å². The molecule has 1 aromatic carbocycles. The van der Waals surface area contributed by atoms with Crippen LogP contribution in [0.25, 0.3) is 11.1 Å². The summed E-state index contributed by atoms with van der Waals surface area (Å²) in [7, 11) is 3.98. The summed E-state index contributed by atoms with van der Waals surface area (Å²) in [5.74, 6) is 0.766. The molecule has 6 nitrogen and oxygen atoms in total. The van der Waals surface area contributed by atoms with E-state index in [0.717, 1.165) is 41.9 Å². The molecule has 0 saturated carbocycles. The van der Waals surface area contributed by atoms with Gasteiger partial charge in [0.1, 0.15) is 5.82 Å². The lowest BCUT2D eigenvalue weighted by Crippen LogP contribution is -2.31. The van der Waals surface area contributed by atoms with E-state index in [1.165, 1.54) is 0 Å². The van der Waals surface area contributed by atoms with Crippen LogP contribution >= 0.6 is 0 Å². The Morgan fingerprint density at radius 1 is 1.10 bits per heavy atom. The monoisotopic (exact) mass is 387 g/mol. The van der Waals surface area contributed by atoms with Crippen LogP contribution in [0.3, 0.4) is 0 Å². The van der Waals surface area contributed by atoms with Crippen LogP contribution in [0.2, 0.25) is 0 Å². The molecule has 1 saturated heterocycles. The molecule has 3 heterocycles. The third-order valence-electron chi connectivity index (χ3n) is 5.39. The zero-order valence-electron chi connectivity index (χ0n) is 17.0. The first-order valence-electron chi connectivity index (χ1n) is 9.87. The maximum atomic E-state index is 13.3. The fourth-order valence-corrected chi connectivity index (χ4v) is 3.86. The van der Waals surface area contributed by atoms with E-state index >= 15 is 0 Å². The van der Waals surface area contributed by atoms with E-state index in [0.29, 0.717) is 11.4 Å². The second-order valence-electron chi connectivity index (χ2n) is 7.55. The van der Waals surface area contributed by atoms with Crippen LogP contribution in [0.4, 0.5) is 5.69 Å². The Morgan fingerprint density at radius 2 is 1.83 bits per heavy atom. The number of anilines is 1. The van der Waals surface area contributed by atoms with Crippen LogP contribution in [0, 0.1) is 6.92 Å². The molecular weight excluding hydrogens is 362 g/mol. The van der Waals surface area contributed by atoms with Crippen LogP contribution < -0.4 is 4.90 Å². The van der Waals surface area contributed by atoms with Crippen molar-refractivity contribution in [3.63, 3.8) is 0 Å². The highest BCUT2D eigenvalue weighted by atomic mass is 16.2. The molecule has 0 unspecified atom stereocenters. The maximum absolute atomic E-state index is 13.3. The summed E-state index contributed by atoms with van der Waals surface area (Å²) in [4.78, 5) is 30.6. The van der Waals surface area contributed by atoms with E-state index in [-0.39, 0.29) is 11.9 Å². The second kappa shape index (κ2) is 7.99. The van der Waals surface area contributed by atoms with Gasteiger partial charge < -0.3 is 9.80 Å². The Bertz CT molecular complexity index is 1000. The van der Waals surface area contributed by atoms with Gasteiger partial charge in [-0.15, -0.1) is 0 Å². The Balaban J connectivity index is 1.68. The number of hydrogen-bond donors (Lipinski definition) is 0. The number of amides is 1. The minimum absolute atomic E-state index is 0.0507. The predicted octanol–water partition coefficient (Wildman–Crippen LogP) is 3.89. The van der Waals surface area contributed by atoms with Gasteiger partial charge in [-0.3, -0.25) is 9.78 Å². The molecule has 0 bridgehead atoms. The van der Waals surface area contributed by atoms with Crippen molar-refractivity contribution in [3.05, 3.63) is 72.1 Å². The molecule has 0 aliphatic carbocycles. The van der Waals surface area contributed by atoms with Crippen LogP contribution in [0.5, 0.6) is 0 Å². The number of benzene rings is 1. The minimum Gasteiger partial charge on any atom is -0.378 e. The van der Waals surface area contributed by atoms with Crippen LogP contribution in [0.15, 0.2) is 55.0 Å². The predicted molar refractivity (Wildman–Crippen MR) is 114 cm³/mol. The van der Waals surface area contributed by atoms with Crippen molar-refractivity contribution in [1.82, 2.24) is 19.9 Å².